The Morgan fingerprint density at radius 2 is 1.79 bits per heavy atom. The van der Waals surface area contributed by atoms with Gasteiger partial charge in [0.2, 0.25) is 10.0 Å². The van der Waals surface area contributed by atoms with E-state index in [1.807, 2.05) is 41.9 Å². The van der Waals surface area contributed by atoms with Crippen LogP contribution in [0.25, 0.3) is 0 Å². The van der Waals surface area contributed by atoms with Gasteiger partial charge in [0.15, 0.2) is 0 Å². The van der Waals surface area contributed by atoms with Crippen LogP contribution in [0, 0.1) is 0 Å². The minimum atomic E-state index is -3.63. The maximum Gasteiger partial charge on any atom is 0.319 e. The van der Waals surface area contributed by atoms with E-state index >= 15 is 0 Å². The third kappa shape index (κ3) is 5.21. The molecule has 0 unspecified atom stereocenters. The number of hydrogen-bond donors (Lipinski definition) is 2. The van der Waals surface area contributed by atoms with E-state index in [1.54, 1.807) is 31.6 Å². The highest BCUT2D eigenvalue weighted by Crippen LogP contribution is 2.19. The summed E-state index contributed by atoms with van der Waals surface area (Å²) in [6.07, 6.45) is 3.45. The number of imidazole rings is 1. The molecular formula is C20H23N5O3S. The van der Waals surface area contributed by atoms with Crippen molar-refractivity contribution in [2.24, 2.45) is 7.05 Å². The van der Waals surface area contributed by atoms with E-state index in [1.165, 1.54) is 16.4 Å². The molecule has 0 saturated carbocycles. The molecule has 2 N–H and O–H groups in total. The van der Waals surface area contributed by atoms with Gasteiger partial charge >= 0.3 is 6.03 Å². The highest BCUT2D eigenvalue weighted by atomic mass is 32.2. The van der Waals surface area contributed by atoms with Crippen LogP contribution in [0.4, 0.5) is 10.5 Å². The molecule has 0 radical (unpaired) electrons. The summed E-state index contributed by atoms with van der Waals surface area (Å²) in [5.74, 6) is 0.725. The lowest BCUT2D eigenvalue weighted by Crippen LogP contribution is -2.29. The quantitative estimate of drug-likeness (QED) is 0.622. The first kappa shape index (κ1) is 20.6. The van der Waals surface area contributed by atoms with Gasteiger partial charge in [-0.15, -0.1) is 0 Å². The van der Waals surface area contributed by atoms with E-state index in [2.05, 4.69) is 15.6 Å². The monoisotopic (exact) mass is 413 g/mol. The molecule has 2 aromatic carbocycles. The molecule has 0 fully saturated rings. The van der Waals surface area contributed by atoms with Gasteiger partial charge in [0.05, 0.1) is 11.4 Å². The van der Waals surface area contributed by atoms with Crippen molar-refractivity contribution in [3.8, 4) is 0 Å². The number of carbonyl (C=O) groups excluding carboxylic acids is 1. The van der Waals surface area contributed by atoms with Crippen LogP contribution in [0.5, 0.6) is 0 Å². The van der Waals surface area contributed by atoms with Gasteiger partial charge < -0.3 is 15.2 Å². The third-order valence-electron chi connectivity index (χ3n) is 4.40. The Morgan fingerprint density at radius 3 is 2.41 bits per heavy atom. The SMILES string of the molecule is CN(Cc1ccccc1)S(=O)(=O)c1ccc(NC(=O)NCc2nccn2C)cc1. The lowest BCUT2D eigenvalue weighted by atomic mass is 10.2. The molecule has 9 heteroatoms. The molecule has 3 rings (SSSR count). The maximum absolute atomic E-state index is 12.8. The fraction of sp³-hybridized carbons (Fsp3) is 0.200. The van der Waals surface area contributed by atoms with Gasteiger partial charge in [-0.2, -0.15) is 4.31 Å². The molecule has 0 aliphatic heterocycles. The average Bonchev–Trinajstić information content (AvgIpc) is 3.12. The van der Waals surface area contributed by atoms with Crippen LogP contribution < -0.4 is 10.6 Å². The van der Waals surface area contributed by atoms with E-state index in [4.69, 9.17) is 0 Å². The van der Waals surface area contributed by atoms with Crippen LogP contribution >= 0.6 is 0 Å². The van der Waals surface area contributed by atoms with Gasteiger partial charge in [0.1, 0.15) is 5.82 Å². The van der Waals surface area contributed by atoms with E-state index in [0.717, 1.165) is 11.4 Å². The Labute approximate surface area is 170 Å². The molecule has 0 saturated heterocycles. The highest BCUT2D eigenvalue weighted by molar-refractivity contribution is 7.89. The second kappa shape index (κ2) is 8.89. The molecule has 29 heavy (non-hydrogen) atoms. The number of nitrogens with zero attached hydrogens (tertiary/aromatic N) is 3. The Balaban J connectivity index is 1.59. The second-order valence-electron chi connectivity index (χ2n) is 6.53. The summed E-state index contributed by atoms with van der Waals surface area (Å²) in [6.45, 7) is 0.560. The first-order chi connectivity index (χ1) is 13.9. The molecular weight excluding hydrogens is 390 g/mol. The number of anilines is 1. The van der Waals surface area contributed by atoms with E-state index in [-0.39, 0.29) is 18.0 Å². The summed E-state index contributed by atoms with van der Waals surface area (Å²) in [5.41, 5.74) is 1.40. The fourth-order valence-corrected chi connectivity index (χ4v) is 3.88. The lowest BCUT2D eigenvalue weighted by Gasteiger charge is -2.17. The van der Waals surface area contributed by atoms with Crippen LogP contribution in [-0.2, 0) is 30.2 Å². The normalized spacial score (nSPS) is 11.4. The Hall–Kier alpha value is -3.17. The van der Waals surface area contributed by atoms with Gasteiger partial charge in [0.25, 0.3) is 0 Å². The Kier molecular flexibility index (Phi) is 6.30. The number of nitrogens with one attached hydrogen (secondary N) is 2. The van der Waals surface area contributed by atoms with Gasteiger partial charge in [-0.1, -0.05) is 30.3 Å². The van der Waals surface area contributed by atoms with Crippen molar-refractivity contribution >= 4 is 21.7 Å². The second-order valence-corrected chi connectivity index (χ2v) is 8.58. The summed E-state index contributed by atoms with van der Waals surface area (Å²) in [4.78, 5) is 16.3. The van der Waals surface area contributed by atoms with Gasteiger partial charge in [-0.05, 0) is 29.8 Å². The van der Waals surface area contributed by atoms with Crippen molar-refractivity contribution in [3.63, 3.8) is 0 Å². The largest absolute Gasteiger partial charge is 0.337 e. The molecule has 152 valence electrons. The van der Waals surface area contributed by atoms with Crippen molar-refractivity contribution in [1.29, 1.82) is 0 Å². The lowest BCUT2D eigenvalue weighted by molar-refractivity contribution is 0.251. The standard InChI is InChI=1S/C20H23N5O3S/c1-24-13-12-21-19(24)14-22-20(26)23-17-8-10-18(11-9-17)29(27,28)25(2)15-16-6-4-3-5-7-16/h3-13H,14-15H2,1-2H3,(H2,22,23,26). The summed E-state index contributed by atoms with van der Waals surface area (Å²) >= 11 is 0. The number of rotatable bonds is 7. The number of aryl methyl sites for hydroxylation is 1. The zero-order valence-electron chi connectivity index (χ0n) is 16.2. The molecule has 0 spiro atoms. The topological polar surface area (TPSA) is 96.3 Å². The number of benzene rings is 2. The molecule has 8 nitrogen and oxygen atoms in total. The van der Waals surface area contributed by atoms with Crippen LogP contribution in [0.3, 0.4) is 0 Å². The Morgan fingerprint density at radius 1 is 1.10 bits per heavy atom. The molecule has 3 aromatic rings. The minimum absolute atomic E-state index is 0.162. The smallest absolute Gasteiger partial charge is 0.319 e. The van der Waals surface area contributed by atoms with Crippen LogP contribution in [-0.4, -0.2) is 35.4 Å². The molecule has 2 amide bonds. The predicted molar refractivity (Wildman–Crippen MR) is 111 cm³/mol. The summed E-state index contributed by atoms with van der Waals surface area (Å²) in [7, 11) is -0.249. The average molecular weight is 414 g/mol. The molecule has 0 aliphatic rings. The minimum Gasteiger partial charge on any atom is -0.337 e. The van der Waals surface area contributed by atoms with Crippen molar-refractivity contribution in [1.82, 2.24) is 19.2 Å². The number of aromatic nitrogens is 2. The van der Waals surface area contributed by atoms with E-state index < -0.39 is 16.1 Å². The van der Waals surface area contributed by atoms with Crippen molar-refractivity contribution in [2.45, 2.75) is 18.0 Å². The molecule has 0 atom stereocenters. The van der Waals surface area contributed by atoms with Crippen LogP contribution in [0.1, 0.15) is 11.4 Å². The maximum atomic E-state index is 12.8. The number of sulfonamides is 1. The summed E-state index contributed by atoms with van der Waals surface area (Å²) < 4.78 is 28.6. The fourth-order valence-electron chi connectivity index (χ4n) is 2.72. The van der Waals surface area contributed by atoms with Crippen molar-refractivity contribution < 1.29 is 13.2 Å². The predicted octanol–water partition coefficient (Wildman–Crippen LogP) is 2.56. The highest BCUT2D eigenvalue weighted by Gasteiger charge is 2.20. The molecule has 1 aromatic heterocycles. The van der Waals surface area contributed by atoms with E-state index in [9.17, 15) is 13.2 Å². The third-order valence-corrected chi connectivity index (χ3v) is 6.21. The number of urea groups is 1. The number of hydrogen-bond acceptors (Lipinski definition) is 4. The first-order valence-corrected chi connectivity index (χ1v) is 10.4. The molecule has 0 aliphatic carbocycles. The van der Waals surface area contributed by atoms with Gasteiger partial charge in [0, 0.05) is 38.7 Å². The zero-order valence-corrected chi connectivity index (χ0v) is 17.1. The zero-order chi connectivity index (χ0) is 20.9. The van der Waals surface area contributed by atoms with Crippen LogP contribution in [0.2, 0.25) is 0 Å². The van der Waals surface area contributed by atoms with Crippen molar-refractivity contribution in [2.75, 3.05) is 12.4 Å². The number of carbonyl (C=O) groups is 1. The summed E-state index contributed by atoms with van der Waals surface area (Å²) in [6, 6.07) is 15.1. The van der Waals surface area contributed by atoms with Crippen LogP contribution in [0.15, 0.2) is 71.9 Å². The van der Waals surface area contributed by atoms with Gasteiger partial charge in [-0.3, -0.25) is 0 Å². The van der Waals surface area contributed by atoms with Gasteiger partial charge in [-0.25, -0.2) is 18.2 Å². The Bertz CT molecular complexity index is 1060. The summed E-state index contributed by atoms with van der Waals surface area (Å²) in [5, 5.41) is 5.38. The molecule has 1 heterocycles. The molecule has 0 bridgehead atoms. The van der Waals surface area contributed by atoms with Crippen molar-refractivity contribution in [3.05, 3.63) is 78.4 Å². The van der Waals surface area contributed by atoms with E-state index in [0.29, 0.717) is 5.69 Å². The number of amides is 2. The first-order valence-electron chi connectivity index (χ1n) is 8.97.